The van der Waals surface area contributed by atoms with Crippen LogP contribution >= 0.6 is 0 Å². The van der Waals surface area contributed by atoms with Crippen LogP contribution in [0.3, 0.4) is 0 Å². The first-order valence-electron chi connectivity index (χ1n) is 17.1. The van der Waals surface area contributed by atoms with E-state index < -0.39 is 59.8 Å². The number of halogens is 3. The van der Waals surface area contributed by atoms with E-state index in [0.717, 1.165) is 22.3 Å². The largest absolute Gasteiger partial charge is 0.497 e. The van der Waals surface area contributed by atoms with Crippen LogP contribution in [0.25, 0.3) is 0 Å². The molecule has 4 atom stereocenters. The fourth-order valence-corrected chi connectivity index (χ4v) is 6.29. The van der Waals surface area contributed by atoms with Gasteiger partial charge in [-0.25, -0.2) is 0 Å². The summed E-state index contributed by atoms with van der Waals surface area (Å²) in [6, 6.07) is 30.4. The van der Waals surface area contributed by atoms with Gasteiger partial charge >= 0.3 is 6.18 Å². The van der Waals surface area contributed by atoms with Crippen molar-refractivity contribution < 1.29 is 37.4 Å². The third kappa shape index (κ3) is 9.65. The number of amides is 2. The van der Waals surface area contributed by atoms with Crippen LogP contribution in [0.2, 0.25) is 0 Å². The van der Waals surface area contributed by atoms with Gasteiger partial charge in [-0.05, 0) is 53.6 Å². The lowest BCUT2D eigenvalue weighted by Gasteiger charge is -2.37. The monoisotopic (exact) mass is 717 g/mol. The van der Waals surface area contributed by atoms with Crippen LogP contribution < -0.4 is 21.1 Å². The number of ether oxygens (including phenoxy) is 1. The van der Waals surface area contributed by atoms with Gasteiger partial charge in [0.2, 0.25) is 11.8 Å². The molecule has 276 valence electrons. The smallest absolute Gasteiger partial charge is 0.414 e. The Morgan fingerprint density at radius 1 is 0.808 bits per heavy atom. The molecule has 0 aromatic heterocycles. The van der Waals surface area contributed by atoms with Crippen molar-refractivity contribution in [3.8, 4) is 5.75 Å². The van der Waals surface area contributed by atoms with E-state index in [2.05, 4.69) is 10.6 Å². The number of hydrogen-bond donors (Lipinski definition) is 4. The molecule has 0 aliphatic carbocycles. The molecule has 0 aliphatic heterocycles. The number of hydrogen-bond acceptors (Lipinski definition) is 6. The molecule has 0 heterocycles. The van der Waals surface area contributed by atoms with Crippen LogP contribution in [0.15, 0.2) is 109 Å². The maximum absolute atomic E-state index is 13.8. The molecule has 0 unspecified atom stereocenters. The van der Waals surface area contributed by atoms with Gasteiger partial charge in [-0.15, -0.1) is 0 Å². The quantitative estimate of drug-likeness (QED) is 0.0976. The van der Waals surface area contributed by atoms with E-state index in [-0.39, 0.29) is 18.7 Å². The molecule has 0 saturated heterocycles. The first kappa shape index (κ1) is 39.8. The van der Waals surface area contributed by atoms with Crippen LogP contribution in [0, 0.1) is 18.8 Å². The molecule has 0 spiro atoms. The minimum absolute atomic E-state index is 0.101. The molecule has 0 fully saturated rings. The maximum Gasteiger partial charge on any atom is 0.414 e. The second kappa shape index (κ2) is 17.5. The van der Waals surface area contributed by atoms with Gasteiger partial charge in [0.25, 0.3) is 0 Å². The Hall–Kier alpha value is -5.00. The summed E-state index contributed by atoms with van der Waals surface area (Å²) >= 11 is 0. The number of aliphatic hydroxyl groups is 1. The van der Waals surface area contributed by atoms with Crippen molar-refractivity contribution in [2.24, 2.45) is 17.6 Å². The average Bonchev–Trinajstić information content (AvgIpc) is 3.14. The fraction of sp³-hybridized carbons (Fsp3) is 0.341. The number of methoxy groups -OCH3 is 1. The van der Waals surface area contributed by atoms with Crippen molar-refractivity contribution in [1.82, 2.24) is 10.6 Å². The summed E-state index contributed by atoms with van der Waals surface area (Å²) in [5.41, 5.74) is 9.00. The lowest BCUT2D eigenvalue weighted by Crippen LogP contribution is -2.49. The number of carbonyl (C=O) groups excluding carboxylic acids is 3. The summed E-state index contributed by atoms with van der Waals surface area (Å²) in [7, 11) is 1.45. The van der Waals surface area contributed by atoms with E-state index >= 15 is 0 Å². The summed E-state index contributed by atoms with van der Waals surface area (Å²) < 4.78 is 45.7. The zero-order chi connectivity index (χ0) is 38.1. The highest BCUT2D eigenvalue weighted by Gasteiger charge is 2.46. The highest BCUT2D eigenvalue weighted by atomic mass is 19.4. The number of benzene rings is 4. The van der Waals surface area contributed by atoms with Crippen molar-refractivity contribution in [3.63, 3.8) is 0 Å². The Kier molecular flexibility index (Phi) is 13.4. The molecule has 8 nitrogen and oxygen atoms in total. The standard InChI is InChI=1S/C41H46F3N3O5/c1-26(2)33(38(50)41(42,43)44)25-35(48)37(28-17-21-32(52-4)22-18-28)46-39(51)34(45)23-24-36(49)47-40(29-11-7-5-8-12-29,30-13-9-6-10-14-30)31-19-15-27(3)16-20-31/h5-22,26,33-34,37-38,50H,23-25,45H2,1-4H3,(H,46,51)(H,47,49)/t33-,34-,37-,38-/m0/s1. The highest BCUT2D eigenvalue weighted by molar-refractivity contribution is 5.92. The summed E-state index contributed by atoms with van der Waals surface area (Å²) in [6.07, 6.45) is -8.59. The number of alkyl halides is 3. The van der Waals surface area contributed by atoms with Crippen LogP contribution in [0.1, 0.15) is 67.0 Å². The lowest BCUT2D eigenvalue weighted by molar-refractivity contribution is -0.224. The van der Waals surface area contributed by atoms with Crippen LogP contribution in [0.4, 0.5) is 13.2 Å². The Morgan fingerprint density at radius 2 is 1.33 bits per heavy atom. The Balaban J connectivity index is 1.56. The molecule has 2 amide bonds. The molecular weight excluding hydrogens is 671 g/mol. The van der Waals surface area contributed by atoms with Gasteiger partial charge in [-0.3, -0.25) is 14.4 Å². The van der Waals surface area contributed by atoms with E-state index in [1.165, 1.54) is 33.1 Å². The van der Waals surface area contributed by atoms with Crippen molar-refractivity contribution in [2.75, 3.05) is 7.11 Å². The molecule has 0 aliphatic rings. The molecule has 0 radical (unpaired) electrons. The number of carbonyl (C=O) groups is 3. The van der Waals surface area contributed by atoms with Crippen molar-refractivity contribution in [2.45, 2.75) is 69.9 Å². The lowest BCUT2D eigenvalue weighted by atomic mass is 9.76. The van der Waals surface area contributed by atoms with Crippen molar-refractivity contribution in [1.29, 1.82) is 0 Å². The van der Waals surface area contributed by atoms with E-state index in [4.69, 9.17) is 10.5 Å². The van der Waals surface area contributed by atoms with Gasteiger partial charge in [-0.1, -0.05) is 116 Å². The molecule has 11 heteroatoms. The van der Waals surface area contributed by atoms with Gasteiger partial charge < -0.3 is 26.2 Å². The number of aryl methyl sites for hydroxylation is 1. The third-order valence-corrected chi connectivity index (χ3v) is 9.34. The second-order valence-corrected chi connectivity index (χ2v) is 13.3. The Bertz CT molecular complexity index is 1730. The third-order valence-electron chi connectivity index (χ3n) is 9.34. The van der Waals surface area contributed by atoms with E-state index in [1.54, 1.807) is 12.1 Å². The normalized spacial score (nSPS) is 14.2. The minimum Gasteiger partial charge on any atom is -0.497 e. The number of Topliss-reactive ketones (excluding diaryl/α,β-unsaturated/α-hetero) is 1. The average molecular weight is 718 g/mol. The predicted molar refractivity (Wildman–Crippen MR) is 193 cm³/mol. The topological polar surface area (TPSA) is 131 Å². The zero-order valence-electron chi connectivity index (χ0n) is 29.7. The molecule has 0 saturated carbocycles. The Morgan fingerprint density at radius 3 is 1.81 bits per heavy atom. The second-order valence-electron chi connectivity index (χ2n) is 13.3. The van der Waals surface area contributed by atoms with Gasteiger partial charge in [0.15, 0.2) is 11.9 Å². The van der Waals surface area contributed by atoms with E-state index in [9.17, 15) is 32.7 Å². The summed E-state index contributed by atoms with van der Waals surface area (Å²) in [5, 5.41) is 15.9. The predicted octanol–water partition coefficient (Wildman–Crippen LogP) is 6.53. The van der Waals surface area contributed by atoms with E-state index in [0.29, 0.717) is 11.3 Å². The molecule has 5 N–H and O–H groups in total. The molecule has 0 bridgehead atoms. The summed E-state index contributed by atoms with van der Waals surface area (Å²) in [4.78, 5) is 40.9. The first-order valence-corrected chi connectivity index (χ1v) is 17.1. The van der Waals surface area contributed by atoms with Crippen molar-refractivity contribution >= 4 is 17.6 Å². The van der Waals surface area contributed by atoms with Crippen LogP contribution in [-0.2, 0) is 19.9 Å². The molecule has 4 aromatic rings. The Labute approximate surface area is 302 Å². The maximum atomic E-state index is 13.8. The fourth-order valence-electron chi connectivity index (χ4n) is 6.29. The minimum atomic E-state index is -4.94. The number of rotatable bonds is 16. The van der Waals surface area contributed by atoms with Gasteiger partial charge in [0.1, 0.15) is 17.3 Å². The zero-order valence-corrected chi connectivity index (χ0v) is 29.7. The van der Waals surface area contributed by atoms with E-state index in [1.807, 2.05) is 91.9 Å². The van der Waals surface area contributed by atoms with Crippen molar-refractivity contribution in [3.05, 3.63) is 137 Å². The number of nitrogens with one attached hydrogen (secondary N) is 2. The highest BCUT2D eigenvalue weighted by Crippen LogP contribution is 2.37. The SMILES string of the molecule is COc1ccc([C@H](NC(=O)[C@@H](N)CCC(=O)NC(c2ccccc2)(c2ccccc2)c2ccc(C)cc2)C(=O)C[C@@H](C(C)C)[C@H](O)C(F)(F)F)cc1. The number of nitrogens with two attached hydrogens (primary N) is 1. The first-order chi connectivity index (χ1) is 24.7. The van der Waals surface area contributed by atoms with Gasteiger partial charge in [-0.2, -0.15) is 13.2 Å². The van der Waals surface area contributed by atoms with Crippen LogP contribution in [0.5, 0.6) is 5.75 Å². The summed E-state index contributed by atoms with van der Waals surface area (Å²) in [6.45, 7) is 4.94. The van der Waals surface area contributed by atoms with Gasteiger partial charge in [0, 0.05) is 18.8 Å². The van der Waals surface area contributed by atoms with Crippen LogP contribution in [-0.4, -0.2) is 48.1 Å². The molecular formula is C41H46F3N3O5. The summed E-state index contributed by atoms with van der Waals surface area (Å²) in [5.74, 6) is -3.59. The molecule has 4 aromatic carbocycles. The molecule has 4 rings (SSSR count). The molecule has 52 heavy (non-hydrogen) atoms. The number of aliphatic hydroxyl groups excluding tert-OH is 1. The number of ketones is 1. The van der Waals surface area contributed by atoms with Gasteiger partial charge in [0.05, 0.1) is 13.2 Å².